The number of rotatable bonds is 3. The van der Waals surface area contributed by atoms with Crippen molar-refractivity contribution in [3.8, 4) is 0 Å². The fourth-order valence-corrected chi connectivity index (χ4v) is 1.54. The van der Waals surface area contributed by atoms with Gasteiger partial charge in [0.1, 0.15) is 6.54 Å². The van der Waals surface area contributed by atoms with E-state index >= 15 is 0 Å². The molecule has 88 valence electrons. The zero-order chi connectivity index (χ0) is 11.8. The number of nitrogens with zero attached hydrogens (tertiary/aromatic N) is 3. The van der Waals surface area contributed by atoms with Crippen molar-refractivity contribution in [2.24, 2.45) is 0 Å². The Labute approximate surface area is 95.2 Å². The molecule has 1 aromatic heterocycles. The van der Waals surface area contributed by atoms with Crippen molar-refractivity contribution in [3.63, 3.8) is 0 Å². The van der Waals surface area contributed by atoms with Crippen LogP contribution in [0.3, 0.4) is 0 Å². The molecule has 1 aromatic rings. The van der Waals surface area contributed by atoms with Crippen molar-refractivity contribution in [2.45, 2.75) is 25.1 Å². The van der Waals surface area contributed by atoms with Crippen LogP contribution >= 0.6 is 11.6 Å². The fourth-order valence-electron chi connectivity index (χ4n) is 1.44. The minimum absolute atomic E-state index is 0.0721. The van der Waals surface area contributed by atoms with Crippen molar-refractivity contribution in [1.29, 1.82) is 0 Å². The van der Waals surface area contributed by atoms with Gasteiger partial charge >= 0.3 is 6.18 Å². The molecule has 0 N–H and O–H groups in total. The minimum atomic E-state index is -4.23. The van der Waals surface area contributed by atoms with E-state index in [1.54, 1.807) is 0 Å². The molecule has 1 saturated carbocycles. The molecule has 1 aliphatic rings. The predicted octanol–water partition coefficient (Wildman–Crippen LogP) is 2.66. The molecule has 0 bridgehead atoms. The Balaban J connectivity index is 2.16. The summed E-state index contributed by atoms with van der Waals surface area (Å²) in [7, 11) is 0. The van der Waals surface area contributed by atoms with Crippen molar-refractivity contribution in [3.05, 3.63) is 17.3 Å². The Morgan fingerprint density at radius 2 is 2.00 bits per heavy atom. The maximum atomic E-state index is 12.3. The third-order valence-electron chi connectivity index (χ3n) is 2.25. The molecule has 1 heterocycles. The summed E-state index contributed by atoms with van der Waals surface area (Å²) in [6.07, 6.45) is -2.70. The molecule has 1 fully saturated rings. The Morgan fingerprint density at radius 1 is 1.31 bits per heavy atom. The Kier molecular flexibility index (Phi) is 2.92. The van der Waals surface area contributed by atoms with Gasteiger partial charge in [0.15, 0.2) is 11.0 Å². The lowest BCUT2D eigenvalue weighted by molar-refractivity contribution is -0.120. The van der Waals surface area contributed by atoms with Gasteiger partial charge in [0.25, 0.3) is 0 Å². The molecule has 0 spiro atoms. The lowest BCUT2D eigenvalue weighted by Gasteiger charge is -2.23. The molecule has 0 amide bonds. The maximum Gasteiger partial charge on any atom is 0.405 e. The van der Waals surface area contributed by atoms with E-state index in [-0.39, 0.29) is 17.0 Å². The van der Waals surface area contributed by atoms with Crippen molar-refractivity contribution in [1.82, 2.24) is 10.2 Å². The van der Waals surface area contributed by atoms with Crippen LogP contribution < -0.4 is 4.90 Å². The number of hydrogen-bond donors (Lipinski definition) is 0. The molecular formula is C9H9ClF3N3. The molecule has 7 heteroatoms. The first-order valence-corrected chi connectivity index (χ1v) is 5.16. The normalized spacial score (nSPS) is 16.2. The second-order valence-corrected chi connectivity index (χ2v) is 4.08. The van der Waals surface area contributed by atoms with Crippen LogP contribution in [0, 0.1) is 0 Å². The Bertz CT molecular complexity index is 361. The number of alkyl halides is 3. The summed E-state index contributed by atoms with van der Waals surface area (Å²) in [5.41, 5.74) is 0. The van der Waals surface area contributed by atoms with Crippen molar-refractivity contribution < 1.29 is 13.2 Å². The first-order chi connectivity index (χ1) is 7.46. The molecular weight excluding hydrogens is 243 g/mol. The van der Waals surface area contributed by atoms with E-state index in [2.05, 4.69) is 10.2 Å². The molecule has 3 nitrogen and oxygen atoms in total. The van der Waals surface area contributed by atoms with Crippen molar-refractivity contribution >= 4 is 17.4 Å². The average Bonchev–Trinajstić information content (AvgIpc) is 2.97. The highest BCUT2D eigenvalue weighted by atomic mass is 35.5. The number of hydrogen-bond acceptors (Lipinski definition) is 3. The first kappa shape index (κ1) is 11.4. The van der Waals surface area contributed by atoms with Crippen LogP contribution in [0.25, 0.3) is 0 Å². The van der Waals surface area contributed by atoms with Crippen LogP contribution in [0.2, 0.25) is 5.15 Å². The van der Waals surface area contributed by atoms with Gasteiger partial charge in [-0.1, -0.05) is 11.6 Å². The molecule has 0 aromatic carbocycles. The van der Waals surface area contributed by atoms with E-state index in [1.165, 1.54) is 17.0 Å². The number of anilines is 1. The zero-order valence-corrected chi connectivity index (χ0v) is 8.96. The van der Waals surface area contributed by atoms with Gasteiger partial charge < -0.3 is 4.90 Å². The highest BCUT2D eigenvalue weighted by Crippen LogP contribution is 2.33. The van der Waals surface area contributed by atoms with Gasteiger partial charge in [0, 0.05) is 6.04 Å². The number of halogens is 4. The van der Waals surface area contributed by atoms with Crippen LogP contribution in [0.15, 0.2) is 12.1 Å². The highest BCUT2D eigenvalue weighted by molar-refractivity contribution is 6.29. The van der Waals surface area contributed by atoms with Crippen LogP contribution in [0.5, 0.6) is 0 Å². The summed E-state index contributed by atoms with van der Waals surface area (Å²) in [6, 6.07) is 2.83. The highest BCUT2D eigenvalue weighted by Gasteiger charge is 2.38. The van der Waals surface area contributed by atoms with Gasteiger partial charge in [-0.05, 0) is 25.0 Å². The van der Waals surface area contributed by atoms with E-state index in [0.29, 0.717) is 0 Å². The smallest absolute Gasteiger partial charge is 0.343 e. The molecule has 0 unspecified atom stereocenters. The topological polar surface area (TPSA) is 29.0 Å². The second kappa shape index (κ2) is 4.08. The first-order valence-electron chi connectivity index (χ1n) is 4.78. The third kappa shape index (κ3) is 2.98. The minimum Gasteiger partial charge on any atom is -0.343 e. The molecule has 16 heavy (non-hydrogen) atoms. The fraction of sp³-hybridized carbons (Fsp3) is 0.556. The van der Waals surface area contributed by atoms with Crippen LogP contribution in [-0.4, -0.2) is 29.0 Å². The van der Waals surface area contributed by atoms with Gasteiger partial charge in [0.05, 0.1) is 0 Å². The van der Waals surface area contributed by atoms with Gasteiger partial charge in [0.2, 0.25) is 0 Å². The van der Waals surface area contributed by atoms with E-state index in [1.807, 2.05) is 0 Å². The lowest BCUT2D eigenvalue weighted by atomic mass is 10.4. The Hall–Kier alpha value is -1.04. The maximum absolute atomic E-state index is 12.3. The standard InChI is InChI=1S/C9H9ClF3N3/c10-7-3-4-8(15-14-7)16(6-1-2-6)5-9(11,12)13/h3-4,6H,1-2,5H2. The predicted molar refractivity (Wildman–Crippen MR) is 53.5 cm³/mol. The molecule has 0 aliphatic heterocycles. The largest absolute Gasteiger partial charge is 0.405 e. The van der Waals surface area contributed by atoms with Gasteiger partial charge in [-0.2, -0.15) is 13.2 Å². The molecule has 0 atom stereocenters. The third-order valence-corrected chi connectivity index (χ3v) is 2.45. The van der Waals surface area contributed by atoms with Gasteiger partial charge in [-0.25, -0.2) is 0 Å². The zero-order valence-electron chi connectivity index (χ0n) is 8.21. The van der Waals surface area contributed by atoms with Crippen molar-refractivity contribution in [2.75, 3.05) is 11.4 Å². The SMILES string of the molecule is FC(F)(F)CN(c1ccc(Cl)nn1)C1CC1. The molecule has 1 aliphatic carbocycles. The molecule has 0 saturated heterocycles. The monoisotopic (exact) mass is 251 g/mol. The van der Waals surface area contributed by atoms with E-state index in [4.69, 9.17) is 11.6 Å². The second-order valence-electron chi connectivity index (χ2n) is 3.69. The summed E-state index contributed by atoms with van der Waals surface area (Å²) >= 11 is 5.53. The summed E-state index contributed by atoms with van der Waals surface area (Å²) in [4.78, 5) is 1.23. The summed E-state index contributed by atoms with van der Waals surface area (Å²) in [5, 5.41) is 7.39. The summed E-state index contributed by atoms with van der Waals surface area (Å²) in [6.45, 7) is -0.992. The van der Waals surface area contributed by atoms with Crippen LogP contribution in [0.4, 0.5) is 19.0 Å². The summed E-state index contributed by atoms with van der Waals surface area (Å²) < 4.78 is 37.0. The number of aromatic nitrogens is 2. The lowest BCUT2D eigenvalue weighted by Crippen LogP contribution is -2.36. The van der Waals surface area contributed by atoms with E-state index in [9.17, 15) is 13.2 Å². The summed E-state index contributed by atoms with van der Waals surface area (Å²) in [5.74, 6) is 0.226. The molecule has 0 radical (unpaired) electrons. The quantitative estimate of drug-likeness (QED) is 0.827. The van der Waals surface area contributed by atoms with E-state index < -0.39 is 12.7 Å². The Morgan fingerprint density at radius 3 is 2.44 bits per heavy atom. The van der Waals surface area contributed by atoms with Crippen LogP contribution in [0.1, 0.15) is 12.8 Å². The van der Waals surface area contributed by atoms with Gasteiger partial charge in [-0.3, -0.25) is 0 Å². The van der Waals surface area contributed by atoms with Crippen LogP contribution in [-0.2, 0) is 0 Å². The van der Waals surface area contributed by atoms with E-state index in [0.717, 1.165) is 12.8 Å². The average molecular weight is 252 g/mol. The van der Waals surface area contributed by atoms with Gasteiger partial charge in [-0.15, -0.1) is 10.2 Å². The molecule has 2 rings (SSSR count).